The molecule has 15 heteroatoms. The third kappa shape index (κ3) is 14.9. The van der Waals surface area contributed by atoms with Crippen molar-refractivity contribution in [3.8, 4) is 0 Å². The van der Waals surface area contributed by atoms with E-state index in [1.807, 2.05) is 0 Å². The van der Waals surface area contributed by atoms with Crippen molar-refractivity contribution in [2.75, 3.05) is 0 Å². The molecule has 15 nitrogen and oxygen atoms in total. The summed E-state index contributed by atoms with van der Waals surface area (Å²) in [6.07, 6.45) is -1.56. The smallest absolute Gasteiger partial charge is 0.408 e. The van der Waals surface area contributed by atoms with Crippen molar-refractivity contribution in [3.63, 3.8) is 0 Å². The zero-order chi connectivity index (χ0) is 32.1. The Morgan fingerprint density at radius 2 is 1.17 bits per heavy atom. The molecule has 1 unspecified atom stereocenters. The molecule has 0 spiro atoms. The highest BCUT2D eigenvalue weighted by molar-refractivity contribution is 5.95. The van der Waals surface area contributed by atoms with E-state index < -0.39 is 83.2 Å². The second kappa shape index (κ2) is 17.0. The molecule has 0 heterocycles. The standard InChI is InChI=1S/C26H46N6O9/c1-8-14(4)20(23(37)31-19(13(2)3)24(38)39)32-22(36)15(9-11-17(27)33)29-21(35)16(10-12-18(28)34)30-25(40)41-26(5,6)7/h13-16,19-20H,8-12H2,1-7H3,(H2,27,33)(H2,28,34)(H,29,35)(H,30,40)(H,31,37)(H,32,36)(H,38,39)/t14?,15-,16-,19-,20-/m0/s1. The highest BCUT2D eigenvalue weighted by Gasteiger charge is 2.34. The monoisotopic (exact) mass is 586 g/mol. The second-order valence-corrected chi connectivity index (χ2v) is 11.2. The molecule has 0 aromatic carbocycles. The van der Waals surface area contributed by atoms with Gasteiger partial charge in [-0.05, 0) is 45.4 Å². The van der Waals surface area contributed by atoms with Crippen LogP contribution in [0.1, 0.15) is 80.6 Å². The summed E-state index contributed by atoms with van der Waals surface area (Å²) in [5.41, 5.74) is 9.55. The van der Waals surface area contributed by atoms with E-state index in [0.717, 1.165) is 0 Å². The van der Waals surface area contributed by atoms with Gasteiger partial charge < -0.3 is 42.6 Å². The number of primary amides is 2. The van der Waals surface area contributed by atoms with Crippen LogP contribution < -0.4 is 32.7 Å². The number of rotatable bonds is 17. The van der Waals surface area contributed by atoms with Gasteiger partial charge in [0, 0.05) is 12.8 Å². The number of carboxylic acid groups (broad SMARTS) is 1. The average Bonchev–Trinajstić information content (AvgIpc) is 2.83. The first-order valence-corrected chi connectivity index (χ1v) is 13.5. The van der Waals surface area contributed by atoms with Crippen molar-refractivity contribution in [3.05, 3.63) is 0 Å². The maximum atomic E-state index is 13.3. The molecule has 0 radical (unpaired) electrons. The lowest BCUT2D eigenvalue weighted by atomic mass is 9.96. The van der Waals surface area contributed by atoms with E-state index in [-0.39, 0.29) is 25.7 Å². The van der Waals surface area contributed by atoms with Gasteiger partial charge in [0.05, 0.1) is 0 Å². The fourth-order valence-electron chi connectivity index (χ4n) is 3.55. The average molecular weight is 587 g/mol. The summed E-state index contributed by atoms with van der Waals surface area (Å²) < 4.78 is 5.17. The van der Waals surface area contributed by atoms with E-state index in [0.29, 0.717) is 6.42 Å². The molecule has 0 bridgehead atoms. The molecule has 0 saturated heterocycles. The van der Waals surface area contributed by atoms with Crippen LogP contribution in [0.25, 0.3) is 0 Å². The van der Waals surface area contributed by atoms with Crippen molar-refractivity contribution in [2.45, 2.75) is 110 Å². The minimum atomic E-state index is -1.38. The van der Waals surface area contributed by atoms with Crippen LogP contribution in [0, 0.1) is 11.8 Å². The maximum Gasteiger partial charge on any atom is 0.408 e. The molecular formula is C26H46N6O9. The summed E-state index contributed by atoms with van der Waals surface area (Å²) in [7, 11) is 0. The molecular weight excluding hydrogens is 540 g/mol. The lowest BCUT2D eigenvalue weighted by Gasteiger charge is -2.29. The van der Waals surface area contributed by atoms with E-state index in [1.165, 1.54) is 0 Å². The fourth-order valence-corrected chi connectivity index (χ4v) is 3.55. The van der Waals surface area contributed by atoms with Gasteiger partial charge in [-0.2, -0.15) is 0 Å². The largest absolute Gasteiger partial charge is 0.480 e. The first-order chi connectivity index (χ1) is 18.8. The normalized spacial score (nSPS) is 14.9. The van der Waals surface area contributed by atoms with Crippen LogP contribution in [0.4, 0.5) is 4.79 Å². The third-order valence-corrected chi connectivity index (χ3v) is 6.02. The number of amides is 6. The number of carboxylic acids is 1. The first-order valence-electron chi connectivity index (χ1n) is 13.5. The number of nitrogens with two attached hydrogens (primary N) is 2. The van der Waals surface area contributed by atoms with Gasteiger partial charge >= 0.3 is 12.1 Å². The number of ether oxygens (including phenoxy) is 1. The van der Waals surface area contributed by atoms with Gasteiger partial charge in [0.15, 0.2) is 0 Å². The number of hydrogen-bond acceptors (Lipinski definition) is 8. The van der Waals surface area contributed by atoms with Gasteiger partial charge in [0.2, 0.25) is 29.5 Å². The molecule has 0 aliphatic rings. The van der Waals surface area contributed by atoms with Gasteiger partial charge in [-0.25, -0.2) is 9.59 Å². The van der Waals surface area contributed by atoms with Crippen LogP contribution in [0.5, 0.6) is 0 Å². The molecule has 9 N–H and O–H groups in total. The van der Waals surface area contributed by atoms with E-state index in [1.54, 1.807) is 48.5 Å². The van der Waals surface area contributed by atoms with E-state index in [4.69, 9.17) is 16.2 Å². The van der Waals surface area contributed by atoms with Gasteiger partial charge in [-0.1, -0.05) is 34.1 Å². The Morgan fingerprint density at radius 1 is 0.732 bits per heavy atom. The quantitative estimate of drug-likeness (QED) is 0.117. The Kier molecular flexibility index (Phi) is 15.4. The molecule has 0 rings (SSSR count). The zero-order valence-corrected chi connectivity index (χ0v) is 24.9. The Hall–Kier alpha value is -3.91. The molecule has 0 aromatic heterocycles. The number of nitrogens with one attached hydrogen (secondary N) is 4. The van der Waals surface area contributed by atoms with E-state index in [9.17, 15) is 38.7 Å². The minimum absolute atomic E-state index is 0.214. The predicted octanol–water partition coefficient (Wildman–Crippen LogP) is -0.348. The van der Waals surface area contributed by atoms with Crippen molar-refractivity contribution in [1.29, 1.82) is 0 Å². The summed E-state index contributed by atoms with van der Waals surface area (Å²) >= 11 is 0. The molecule has 0 aromatic rings. The summed E-state index contributed by atoms with van der Waals surface area (Å²) in [5, 5.41) is 19.2. The summed E-state index contributed by atoms with van der Waals surface area (Å²) in [4.78, 5) is 86.2. The Labute approximate surface area is 240 Å². The van der Waals surface area contributed by atoms with E-state index in [2.05, 4.69) is 21.3 Å². The molecule has 234 valence electrons. The van der Waals surface area contributed by atoms with Crippen LogP contribution in [0.3, 0.4) is 0 Å². The van der Waals surface area contributed by atoms with Crippen LogP contribution in [-0.2, 0) is 33.5 Å². The maximum absolute atomic E-state index is 13.3. The number of alkyl carbamates (subject to hydrolysis) is 1. The van der Waals surface area contributed by atoms with Gasteiger partial charge in [-0.3, -0.25) is 24.0 Å². The summed E-state index contributed by atoms with van der Waals surface area (Å²) in [5.74, 6) is -6.08. The van der Waals surface area contributed by atoms with Crippen molar-refractivity contribution >= 4 is 41.6 Å². The third-order valence-electron chi connectivity index (χ3n) is 6.02. The van der Waals surface area contributed by atoms with Crippen LogP contribution >= 0.6 is 0 Å². The molecule has 6 amide bonds. The molecule has 41 heavy (non-hydrogen) atoms. The fraction of sp³-hybridized carbons (Fsp3) is 0.731. The van der Waals surface area contributed by atoms with Crippen molar-refractivity contribution < 1.29 is 43.4 Å². The number of carbonyl (C=O) groups is 7. The highest BCUT2D eigenvalue weighted by Crippen LogP contribution is 2.12. The topological polar surface area (TPSA) is 249 Å². The van der Waals surface area contributed by atoms with Crippen molar-refractivity contribution in [1.82, 2.24) is 21.3 Å². The van der Waals surface area contributed by atoms with Gasteiger partial charge in [0.25, 0.3) is 0 Å². The lowest BCUT2D eigenvalue weighted by Crippen LogP contribution is -2.59. The van der Waals surface area contributed by atoms with Gasteiger partial charge in [-0.15, -0.1) is 0 Å². The first kappa shape index (κ1) is 37.1. The Bertz CT molecular complexity index is 964. The molecule has 0 fully saturated rings. The Morgan fingerprint density at radius 3 is 1.56 bits per heavy atom. The summed E-state index contributed by atoms with van der Waals surface area (Å²) in [6.45, 7) is 11.5. The SMILES string of the molecule is CCC(C)[C@H](NC(=O)[C@H](CCC(N)=O)NC(=O)[C@H](CCC(N)=O)NC(=O)OC(C)(C)C)C(=O)N[C@H](C(=O)O)C(C)C. The number of hydrogen-bond donors (Lipinski definition) is 7. The van der Waals surface area contributed by atoms with Crippen LogP contribution in [-0.4, -0.2) is 76.5 Å². The molecule has 0 saturated carbocycles. The lowest BCUT2D eigenvalue weighted by molar-refractivity contribution is -0.144. The predicted molar refractivity (Wildman–Crippen MR) is 148 cm³/mol. The van der Waals surface area contributed by atoms with E-state index >= 15 is 0 Å². The highest BCUT2D eigenvalue weighted by atomic mass is 16.6. The summed E-state index contributed by atoms with van der Waals surface area (Å²) in [6, 6.07) is -5.10. The Balaban J connectivity index is 6.00. The molecule has 5 atom stereocenters. The van der Waals surface area contributed by atoms with Crippen LogP contribution in [0.2, 0.25) is 0 Å². The second-order valence-electron chi connectivity index (χ2n) is 11.2. The van der Waals surface area contributed by atoms with Crippen LogP contribution in [0.15, 0.2) is 0 Å². The van der Waals surface area contributed by atoms with Crippen molar-refractivity contribution in [2.24, 2.45) is 23.3 Å². The van der Waals surface area contributed by atoms with Gasteiger partial charge in [0.1, 0.15) is 29.8 Å². The molecule has 0 aliphatic heterocycles. The zero-order valence-electron chi connectivity index (χ0n) is 24.9. The number of carbonyl (C=O) groups excluding carboxylic acids is 6. The number of aliphatic carboxylic acids is 1. The minimum Gasteiger partial charge on any atom is -0.480 e. The molecule has 0 aliphatic carbocycles.